The van der Waals surface area contributed by atoms with Crippen LogP contribution in [0, 0.1) is 6.92 Å². The van der Waals surface area contributed by atoms with Gasteiger partial charge in [-0.1, -0.05) is 0 Å². The number of aliphatic hydroxyl groups excluding tert-OH is 1. The molecule has 7 nitrogen and oxygen atoms in total. The van der Waals surface area contributed by atoms with E-state index in [4.69, 9.17) is 4.74 Å². The molecule has 28 heavy (non-hydrogen) atoms. The molecule has 0 amide bonds. The van der Waals surface area contributed by atoms with E-state index in [9.17, 15) is 23.4 Å². The van der Waals surface area contributed by atoms with Crippen molar-refractivity contribution < 1.29 is 28.1 Å². The highest BCUT2D eigenvalue weighted by atomic mass is 19.4. The van der Waals surface area contributed by atoms with Crippen LogP contribution < -0.4 is 4.90 Å². The van der Waals surface area contributed by atoms with Gasteiger partial charge in [0, 0.05) is 18.7 Å². The van der Waals surface area contributed by atoms with Crippen LogP contribution in [0.1, 0.15) is 25.1 Å². The van der Waals surface area contributed by atoms with Crippen molar-refractivity contribution in [2.45, 2.75) is 38.7 Å². The molecule has 1 atom stereocenters. The number of ether oxygens (including phenoxy) is 1. The van der Waals surface area contributed by atoms with Gasteiger partial charge in [0.1, 0.15) is 11.4 Å². The summed E-state index contributed by atoms with van der Waals surface area (Å²) in [5.41, 5.74) is -0.749. The quantitative estimate of drug-likeness (QED) is 0.821. The Bertz CT molecular complexity index is 874. The van der Waals surface area contributed by atoms with E-state index in [0.717, 1.165) is 12.1 Å². The van der Waals surface area contributed by atoms with Crippen LogP contribution in [0.5, 0.6) is 5.75 Å². The number of aliphatic hydroxyl groups is 1. The molecule has 2 N–H and O–H groups in total. The molecule has 0 unspecified atom stereocenters. The number of phenols is 1. The Kier molecular flexibility index (Phi) is 5.20. The highest BCUT2D eigenvalue weighted by Crippen LogP contribution is 2.36. The summed E-state index contributed by atoms with van der Waals surface area (Å²) in [6.45, 7) is 6.12. The number of morpholine rings is 1. The zero-order chi connectivity index (χ0) is 20.7. The van der Waals surface area contributed by atoms with E-state index in [1.165, 1.54) is 0 Å². The molecule has 1 aromatic heterocycles. The van der Waals surface area contributed by atoms with E-state index < -0.39 is 29.2 Å². The highest BCUT2D eigenvalue weighted by Gasteiger charge is 2.35. The van der Waals surface area contributed by atoms with Gasteiger partial charge >= 0.3 is 6.18 Å². The SMILES string of the molecule is Cc1nc(N2C[C@H](CO)OC(C)(C)C2)nnc1-c1ccc(C(F)(F)F)cc1O. The van der Waals surface area contributed by atoms with Gasteiger partial charge in [-0.05, 0) is 39.0 Å². The molecule has 2 heterocycles. The Hall–Kier alpha value is -2.46. The fourth-order valence-corrected chi connectivity index (χ4v) is 3.23. The number of nitrogens with zero attached hydrogens (tertiary/aromatic N) is 4. The third kappa shape index (κ3) is 4.17. The number of hydrogen-bond acceptors (Lipinski definition) is 7. The average Bonchev–Trinajstić information content (AvgIpc) is 2.59. The van der Waals surface area contributed by atoms with Gasteiger partial charge in [-0.2, -0.15) is 13.2 Å². The Morgan fingerprint density at radius 1 is 1.29 bits per heavy atom. The number of benzene rings is 1. The topological polar surface area (TPSA) is 91.6 Å². The van der Waals surface area contributed by atoms with E-state index in [-0.39, 0.29) is 17.9 Å². The summed E-state index contributed by atoms with van der Waals surface area (Å²) < 4.78 is 44.1. The van der Waals surface area contributed by atoms with Crippen LogP contribution in [0.15, 0.2) is 18.2 Å². The molecule has 152 valence electrons. The third-order valence-corrected chi connectivity index (χ3v) is 4.40. The van der Waals surface area contributed by atoms with E-state index >= 15 is 0 Å². The molecule has 2 aromatic rings. The molecule has 1 aliphatic heterocycles. The van der Waals surface area contributed by atoms with Gasteiger partial charge in [0.2, 0.25) is 5.95 Å². The minimum atomic E-state index is -4.55. The summed E-state index contributed by atoms with van der Waals surface area (Å²) in [6.07, 6.45) is -4.95. The Morgan fingerprint density at radius 2 is 2.00 bits per heavy atom. The number of hydrogen-bond donors (Lipinski definition) is 2. The maximum absolute atomic E-state index is 12.8. The van der Waals surface area contributed by atoms with E-state index in [2.05, 4.69) is 15.2 Å². The molecule has 0 bridgehead atoms. The minimum absolute atomic E-state index is 0.118. The highest BCUT2D eigenvalue weighted by molar-refractivity contribution is 5.69. The average molecular weight is 398 g/mol. The van der Waals surface area contributed by atoms with Gasteiger partial charge in [-0.15, -0.1) is 10.2 Å². The van der Waals surface area contributed by atoms with E-state index in [1.54, 1.807) is 6.92 Å². The molecular weight excluding hydrogens is 377 g/mol. The zero-order valence-corrected chi connectivity index (χ0v) is 15.7. The lowest BCUT2D eigenvalue weighted by Gasteiger charge is -2.42. The molecule has 3 rings (SSSR count). The van der Waals surface area contributed by atoms with Crippen LogP contribution in [-0.2, 0) is 10.9 Å². The van der Waals surface area contributed by atoms with Crippen molar-refractivity contribution in [1.82, 2.24) is 15.2 Å². The first-order chi connectivity index (χ1) is 13.0. The number of alkyl halides is 3. The maximum Gasteiger partial charge on any atom is 0.416 e. The van der Waals surface area contributed by atoms with Crippen molar-refractivity contribution >= 4 is 5.95 Å². The number of phenolic OH excluding ortho intramolecular Hbond substituents is 1. The standard InChI is InChI=1S/C18H21F3N4O3/c1-10-15(13-5-4-11(6-14(13)27)18(19,20)21)23-24-16(22-10)25-7-12(8-26)28-17(2,3)9-25/h4-6,12,26-27H,7-9H2,1-3H3/t12-/m1/s1. The van der Waals surface area contributed by atoms with Gasteiger partial charge in [0.05, 0.1) is 29.6 Å². The maximum atomic E-state index is 12.8. The van der Waals surface area contributed by atoms with Gasteiger partial charge < -0.3 is 19.8 Å². The summed E-state index contributed by atoms with van der Waals surface area (Å²) in [4.78, 5) is 6.24. The van der Waals surface area contributed by atoms with Crippen LogP contribution in [0.3, 0.4) is 0 Å². The van der Waals surface area contributed by atoms with Gasteiger partial charge in [0.25, 0.3) is 0 Å². The van der Waals surface area contributed by atoms with Crippen molar-refractivity contribution in [3.05, 3.63) is 29.5 Å². The predicted molar refractivity (Wildman–Crippen MR) is 94.9 cm³/mol. The second kappa shape index (κ2) is 7.17. The summed E-state index contributed by atoms with van der Waals surface area (Å²) >= 11 is 0. The van der Waals surface area contributed by atoms with Crippen LogP contribution in [0.4, 0.5) is 19.1 Å². The van der Waals surface area contributed by atoms with Gasteiger partial charge in [-0.3, -0.25) is 0 Å². The molecule has 1 saturated heterocycles. The molecule has 1 fully saturated rings. The van der Waals surface area contributed by atoms with E-state index in [1.807, 2.05) is 18.7 Å². The number of halogens is 3. The molecular formula is C18H21F3N4O3. The smallest absolute Gasteiger partial charge is 0.416 e. The van der Waals surface area contributed by atoms with Gasteiger partial charge in [0.15, 0.2) is 0 Å². The molecule has 1 aliphatic rings. The monoisotopic (exact) mass is 398 g/mol. The zero-order valence-electron chi connectivity index (χ0n) is 15.7. The van der Waals surface area contributed by atoms with Crippen LogP contribution in [0.25, 0.3) is 11.3 Å². The fraction of sp³-hybridized carbons (Fsp3) is 0.500. The second-order valence-corrected chi connectivity index (χ2v) is 7.34. The number of anilines is 1. The summed E-state index contributed by atoms with van der Waals surface area (Å²) in [7, 11) is 0. The van der Waals surface area contributed by atoms with Crippen LogP contribution in [0.2, 0.25) is 0 Å². The summed E-state index contributed by atoms with van der Waals surface area (Å²) in [5.74, 6) is -0.225. The number of rotatable bonds is 3. The Labute approximate surface area is 159 Å². The predicted octanol–water partition coefficient (Wildman–Crippen LogP) is 2.55. The fourth-order valence-electron chi connectivity index (χ4n) is 3.23. The molecule has 0 aliphatic carbocycles. The lowest BCUT2D eigenvalue weighted by Crippen LogP contribution is -2.54. The van der Waals surface area contributed by atoms with Crippen LogP contribution in [-0.4, -0.2) is 56.8 Å². The number of aromatic hydroxyl groups is 1. The first kappa shape index (κ1) is 20.3. The molecule has 10 heteroatoms. The number of aromatic nitrogens is 3. The Balaban J connectivity index is 1.91. The Morgan fingerprint density at radius 3 is 2.57 bits per heavy atom. The molecule has 0 spiro atoms. The summed E-state index contributed by atoms with van der Waals surface area (Å²) in [6, 6.07) is 2.68. The molecule has 0 radical (unpaired) electrons. The lowest BCUT2D eigenvalue weighted by atomic mass is 10.1. The van der Waals surface area contributed by atoms with Crippen molar-refractivity contribution in [3.8, 4) is 17.0 Å². The normalized spacial score (nSPS) is 19.7. The lowest BCUT2D eigenvalue weighted by molar-refractivity contribution is -0.137. The van der Waals surface area contributed by atoms with Crippen molar-refractivity contribution in [2.24, 2.45) is 0 Å². The largest absolute Gasteiger partial charge is 0.507 e. The van der Waals surface area contributed by atoms with Crippen molar-refractivity contribution in [1.29, 1.82) is 0 Å². The van der Waals surface area contributed by atoms with Crippen LogP contribution >= 0.6 is 0 Å². The van der Waals surface area contributed by atoms with E-state index in [0.29, 0.717) is 30.8 Å². The number of aryl methyl sites for hydroxylation is 1. The summed E-state index contributed by atoms with van der Waals surface area (Å²) in [5, 5.41) is 27.6. The third-order valence-electron chi connectivity index (χ3n) is 4.40. The minimum Gasteiger partial charge on any atom is -0.507 e. The second-order valence-electron chi connectivity index (χ2n) is 7.34. The van der Waals surface area contributed by atoms with Crippen molar-refractivity contribution in [3.63, 3.8) is 0 Å². The van der Waals surface area contributed by atoms with Gasteiger partial charge in [-0.25, -0.2) is 4.98 Å². The first-order valence-corrected chi connectivity index (χ1v) is 8.66. The molecule has 1 aromatic carbocycles. The van der Waals surface area contributed by atoms with Crippen molar-refractivity contribution in [2.75, 3.05) is 24.6 Å². The first-order valence-electron chi connectivity index (χ1n) is 8.66. The molecule has 0 saturated carbocycles.